The van der Waals surface area contributed by atoms with Crippen LogP contribution in [0.3, 0.4) is 0 Å². The van der Waals surface area contributed by atoms with Crippen molar-refractivity contribution in [2.24, 2.45) is 5.11 Å². The molecular formula is C17H24N4O11. The Bertz CT molecular complexity index is 768. The summed E-state index contributed by atoms with van der Waals surface area (Å²) in [5.74, 6) is -4.10. The Morgan fingerprint density at radius 3 is 2.16 bits per heavy atom. The Morgan fingerprint density at radius 2 is 1.62 bits per heavy atom. The number of nitrogens with one attached hydrogen (secondary N) is 1. The summed E-state index contributed by atoms with van der Waals surface area (Å²) in [7, 11) is 0. The second-order valence-corrected chi connectivity index (χ2v) is 6.44. The maximum Gasteiger partial charge on any atom is 0.308 e. The monoisotopic (exact) mass is 460 g/mol. The van der Waals surface area contributed by atoms with E-state index in [-0.39, 0.29) is 6.42 Å². The van der Waals surface area contributed by atoms with Crippen LogP contribution in [0.25, 0.3) is 10.4 Å². The minimum absolute atomic E-state index is 0.316. The van der Waals surface area contributed by atoms with Gasteiger partial charge in [-0.2, -0.15) is 0 Å². The minimum atomic E-state index is -1.56. The first-order valence-electron chi connectivity index (χ1n) is 9.32. The zero-order valence-corrected chi connectivity index (χ0v) is 17.6. The number of aliphatic hydroxyl groups excluding tert-OH is 1. The number of azide groups is 1. The summed E-state index contributed by atoms with van der Waals surface area (Å²) in [4.78, 5) is 61.2. The van der Waals surface area contributed by atoms with Gasteiger partial charge in [-0.25, -0.2) is 0 Å². The number of carbonyl (C=O) groups is 5. The lowest BCUT2D eigenvalue weighted by Gasteiger charge is -2.44. The highest BCUT2D eigenvalue weighted by molar-refractivity contribution is 5.79. The zero-order valence-electron chi connectivity index (χ0n) is 17.6. The van der Waals surface area contributed by atoms with Crippen molar-refractivity contribution in [3.8, 4) is 0 Å². The molecule has 15 nitrogen and oxygen atoms in total. The van der Waals surface area contributed by atoms with Crippen LogP contribution in [0.15, 0.2) is 5.11 Å². The number of hydrogen-bond donors (Lipinski definition) is 2. The molecule has 2 N–H and O–H groups in total. The third-order valence-electron chi connectivity index (χ3n) is 3.86. The Hall–Kier alpha value is -3.42. The first kappa shape index (κ1) is 26.6. The topological polar surface area (TPSA) is 213 Å². The average molecular weight is 460 g/mol. The van der Waals surface area contributed by atoms with Gasteiger partial charge in [0.05, 0.1) is 13.0 Å². The summed E-state index contributed by atoms with van der Waals surface area (Å²) < 4.78 is 26.1. The van der Waals surface area contributed by atoms with Crippen LogP contribution in [0.2, 0.25) is 0 Å². The van der Waals surface area contributed by atoms with Crippen molar-refractivity contribution in [3.63, 3.8) is 0 Å². The lowest BCUT2D eigenvalue weighted by atomic mass is 9.96. The third kappa shape index (κ3) is 8.75. The van der Waals surface area contributed by atoms with Crippen molar-refractivity contribution in [3.05, 3.63) is 10.4 Å². The lowest BCUT2D eigenvalue weighted by Crippen LogP contribution is -2.67. The number of nitrogens with zero attached hydrogens (tertiary/aromatic N) is 3. The summed E-state index contributed by atoms with van der Waals surface area (Å²) in [6.45, 7) is 1.54. The number of ether oxygens (including phenoxy) is 5. The second-order valence-electron chi connectivity index (χ2n) is 6.44. The van der Waals surface area contributed by atoms with Gasteiger partial charge >= 0.3 is 23.9 Å². The maximum absolute atomic E-state index is 12.1. The van der Waals surface area contributed by atoms with Crippen LogP contribution in [-0.2, 0) is 47.7 Å². The third-order valence-corrected chi connectivity index (χ3v) is 3.86. The molecule has 0 aromatic carbocycles. The molecule has 0 bridgehead atoms. The largest absolute Gasteiger partial charge is 0.463 e. The van der Waals surface area contributed by atoms with Gasteiger partial charge in [0.15, 0.2) is 12.2 Å². The van der Waals surface area contributed by atoms with E-state index in [4.69, 9.17) is 34.3 Å². The Balaban J connectivity index is 3.30. The van der Waals surface area contributed by atoms with Crippen LogP contribution in [0.5, 0.6) is 0 Å². The van der Waals surface area contributed by atoms with E-state index >= 15 is 0 Å². The van der Waals surface area contributed by atoms with Gasteiger partial charge in [-0.1, -0.05) is 5.11 Å². The maximum atomic E-state index is 12.1. The van der Waals surface area contributed by atoms with Crippen molar-refractivity contribution >= 4 is 29.8 Å². The molecule has 1 amide bonds. The summed E-state index contributed by atoms with van der Waals surface area (Å²) in [5, 5.41) is 14.3. The van der Waals surface area contributed by atoms with E-state index in [1.54, 1.807) is 0 Å². The van der Waals surface area contributed by atoms with Gasteiger partial charge in [-0.05, 0) is 5.53 Å². The molecule has 1 rings (SSSR count). The van der Waals surface area contributed by atoms with E-state index < -0.39 is 80.2 Å². The molecule has 15 heteroatoms. The molecule has 32 heavy (non-hydrogen) atoms. The van der Waals surface area contributed by atoms with Crippen LogP contribution in [0.4, 0.5) is 0 Å². The zero-order chi connectivity index (χ0) is 24.3. The van der Waals surface area contributed by atoms with Gasteiger partial charge in [0.25, 0.3) is 0 Å². The van der Waals surface area contributed by atoms with Crippen molar-refractivity contribution in [1.29, 1.82) is 0 Å². The fraction of sp³-hybridized carbons (Fsp3) is 0.706. The molecule has 0 aromatic heterocycles. The lowest BCUT2D eigenvalue weighted by molar-refractivity contribution is -0.271. The molecule has 1 aliphatic heterocycles. The molecule has 1 unspecified atom stereocenters. The molecule has 1 aliphatic rings. The van der Waals surface area contributed by atoms with E-state index in [2.05, 4.69) is 15.3 Å². The van der Waals surface area contributed by atoms with E-state index in [9.17, 15) is 24.0 Å². The molecule has 0 spiro atoms. The van der Waals surface area contributed by atoms with Gasteiger partial charge in [0.1, 0.15) is 25.3 Å². The van der Waals surface area contributed by atoms with Crippen LogP contribution >= 0.6 is 0 Å². The van der Waals surface area contributed by atoms with Gasteiger partial charge in [-0.3, -0.25) is 24.0 Å². The molecule has 0 saturated carbocycles. The van der Waals surface area contributed by atoms with Crippen molar-refractivity contribution in [1.82, 2.24) is 5.32 Å². The number of rotatable bonds is 10. The fourth-order valence-electron chi connectivity index (χ4n) is 2.79. The molecule has 0 radical (unpaired) electrons. The van der Waals surface area contributed by atoms with Gasteiger partial charge in [0.2, 0.25) is 12.2 Å². The predicted octanol–water partition coefficient (Wildman–Crippen LogP) is -1.14. The van der Waals surface area contributed by atoms with Crippen molar-refractivity contribution < 1.29 is 52.8 Å². The molecule has 0 aromatic rings. The van der Waals surface area contributed by atoms with E-state index in [1.165, 1.54) is 0 Å². The summed E-state index contributed by atoms with van der Waals surface area (Å²) in [6, 6.07) is -1.38. The standard InChI is InChI=1S/C17H24N4O11/c1-8(23)29-15-11(7-28-13(27)4-5-22)32-17(31-10(3)25)14(16(15)30-9(2)24)20-12(26)6-19-21-18/h11,14-17,22H,4-7H2,1-3H3,(H,20,26)/t11-,14+,15-,16-,17?/m1/s1. The van der Waals surface area contributed by atoms with E-state index in [1.807, 2.05) is 0 Å². The highest BCUT2D eigenvalue weighted by Crippen LogP contribution is 2.28. The average Bonchev–Trinajstić information content (AvgIpc) is 2.68. The van der Waals surface area contributed by atoms with E-state index in [0.717, 1.165) is 20.8 Å². The molecular weight excluding hydrogens is 436 g/mol. The minimum Gasteiger partial charge on any atom is -0.463 e. The van der Waals surface area contributed by atoms with Crippen LogP contribution in [0, 0.1) is 0 Å². The van der Waals surface area contributed by atoms with E-state index in [0.29, 0.717) is 0 Å². The Morgan fingerprint density at radius 1 is 1.03 bits per heavy atom. The number of aliphatic hydroxyl groups is 1. The number of hydrogen-bond acceptors (Lipinski definition) is 12. The predicted molar refractivity (Wildman–Crippen MR) is 100 cm³/mol. The smallest absolute Gasteiger partial charge is 0.308 e. The first-order valence-corrected chi connectivity index (χ1v) is 9.32. The Labute approximate surface area is 181 Å². The Kier molecular flexibility index (Phi) is 10.9. The summed E-state index contributed by atoms with van der Waals surface area (Å²) in [5.41, 5.74) is 8.38. The SMILES string of the molecule is CC(=O)OC1O[C@H](COC(=O)CCO)[C@@H](OC(C)=O)[C@H](OC(C)=O)[C@@H]1NC(=O)CN=[N+]=[N-]. The summed E-state index contributed by atoms with van der Waals surface area (Å²) in [6.07, 6.45) is -5.98. The van der Waals surface area contributed by atoms with Gasteiger partial charge in [-0.15, -0.1) is 0 Å². The quantitative estimate of drug-likeness (QED) is 0.131. The summed E-state index contributed by atoms with van der Waals surface area (Å²) >= 11 is 0. The van der Waals surface area contributed by atoms with Crippen LogP contribution < -0.4 is 5.32 Å². The number of esters is 4. The second kappa shape index (κ2) is 13.1. The number of amides is 1. The normalized spacial score (nSPS) is 24.3. The van der Waals surface area contributed by atoms with Crippen molar-refractivity contribution in [2.75, 3.05) is 19.8 Å². The highest BCUT2D eigenvalue weighted by Gasteiger charge is 2.52. The molecule has 1 saturated heterocycles. The first-order chi connectivity index (χ1) is 15.1. The molecule has 0 aliphatic carbocycles. The molecule has 1 fully saturated rings. The van der Waals surface area contributed by atoms with Crippen LogP contribution in [-0.4, -0.2) is 85.3 Å². The van der Waals surface area contributed by atoms with Crippen LogP contribution in [0.1, 0.15) is 27.2 Å². The molecule has 1 heterocycles. The fourth-order valence-corrected chi connectivity index (χ4v) is 2.79. The number of carbonyl (C=O) groups excluding carboxylic acids is 5. The van der Waals surface area contributed by atoms with Crippen molar-refractivity contribution in [2.45, 2.75) is 57.8 Å². The highest BCUT2D eigenvalue weighted by atomic mass is 16.7. The molecule has 178 valence electrons. The van der Waals surface area contributed by atoms with Gasteiger partial charge < -0.3 is 34.1 Å². The molecule has 5 atom stereocenters. The van der Waals surface area contributed by atoms with Gasteiger partial charge in [0, 0.05) is 25.7 Å².